The molecule has 1 rings (SSSR count). The monoisotopic (exact) mass is 251 g/mol. The topological polar surface area (TPSA) is 86.6 Å². The highest BCUT2D eigenvalue weighted by molar-refractivity contribution is 5.96. The van der Waals surface area contributed by atoms with Gasteiger partial charge in [-0.2, -0.15) is 0 Å². The minimum Gasteiger partial charge on any atom is -0.508 e. The van der Waals surface area contributed by atoms with Crippen molar-refractivity contribution in [2.75, 3.05) is 0 Å². The van der Waals surface area contributed by atoms with Gasteiger partial charge >= 0.3 is 5.97 Å². The van der Waals surface area contributed by atoms with Crippen molar-refractivity contribution in [2.45, 2.75) is 26.8 Å². The van der Waals surface area contributed by atoms with Gasteiger partial charge in [-0.05, 0) is 29.7 Å². The van der Waals surface area contributed by atoms with Crippen molar-refractivity contribution in [1.29, 1.82) is 0 Å². The molecule has 0 aromatic heterocycles. The summed E-state index contributed by atoms with van der Waals surface area (Å²) in [5.41, 5.74) is -0.276. The molecule has 0 spiro atoms. The molecule has 0 aliphatic heterocycles. The molecule has 0 unspecified atom stereocenters. The van der Waals surface area contributed by atoms with E-state index in [1.165, 1.54) is 24.3 Å². The lowest BCUT2D eigenvalue weighted by atomic mass is 9.86. The number of aliphatic carboxylic acids is 1. The van der Waals surface area contributed by atoms with Crippen molar-refractivity contribution in [3.63, 3.8) is 0 Å². The van der Waals surface area contributed by atoms with E-state index in [1.54, 1.807) is 20.8 Å². The highest BCUT2D eigenvalue weighted by Crippen LogP contribution is 2.20. The first-order chi connectivity index (χ1) is 8.21. The molecule has 1 amide bonds. The molecule has 0 bridgehead atoms. The van der Waals surface area contributed by atoms with E-state index in [2.05, 4.69) is 5.32 Å². The summed E-state index contributed by atoms with van der Waals surface area (Å²) in [6, 6.07) is 4.65. The van der Waals surface area contributed by atoms with E-state index in [1.807, 2.05) is 0 Å². The third kappa shape index (κ3) is 3.48. The zero-order valence-electron chi connectivity index (χ0n) is 10.6. The van der Waals surface area contributed by atoms with Gasteiger partial charge in [0.05, 0.1) is 0 Å². The molecule has 0 fully saturated rings. The van der Waals surface area contributed by atoms with Gasteiger partial charge in [-0.3, -0.25) is 4.79 Å². The summed E-state index contributed by atoms with van der Waals surface area (Å²) < 4.78 is 0. The van der Waals surface area contributed by atoms with Gasteiger partial charge in [-0.25, -0.2) is 4.79 Å². The summed E-state index contributed by atoms with van der Waals surface area (Å²) in [7, 11) is 0. The van der Waals surface area contributed by atoms with Gasteiger partial charge in [-0.15, -0.1) is 0 Å². The van der Waals surface area contributed by atoms with Crippen molar-refractivity contribution in [1.82, 2.24) is 5.32 Å². The van der Waals surface area contributed by atoms with Gasteiger partial charge in [0.2, 0.25) is 0 Å². The van der Waals surface area contributed by atoms with Crippen molar-refractivity contribution in [3.05, 3.63) is 29.8 Å². The number of carbonyl (C=O) groups is 2. The van der Waals surface area contributed by atoms with Crippen molar-refractivity contribution in [3.8, 4) is 5.75 Å². The van der Waals surface area contributed by atoms with Crippen molar-refractivity contribution >= 4 is 11.9 Å². The number of phenols is 1. The standard InChI is InChI=1S/C13H17NO4/c1-13(2,3)10(12(17)18)14-11(16)8-4-6-9(15)7-5-8/h4-7,10,15H,1-3H3,(H,14,16)(H,17,18)/t10-/m0/s1. The van der Waals surface area contributed by atoms with Crippen LogP contribution in [0.4, 0.5) is 0 Å². The van der Waals surface area contributed by atoms with Crippen LogP contribution in [0.15, 0.2) is 24.3 Å². The predicted octanol–water partition coefficient (Wildman–Crippen LogP) is 1.62. The first-order valence-electron chi connectivity index (χ1n) is 5.54. The number of hydrogen-bond acceptors (Lipinski definition) is 3. The Hall–Kier alpha value is -2.04. The van der Waals surface area contributed by atoms with E-state index in [4.69, 9.17) is 10.2 Å². The Morgan fingerprint density at radius 3 is 2.06 bits per heavy atom. The number of rotatable bonds is 3. The van der Waals surface area contributed by atoms with Crippen LogP contribution in [0.3, 0.4) is 0 Å². The summed E-state index contributed by atoms with van der Waals surface area (Å²) in [6.07, 6.45) is 0. The zero-order chi connectivity index (χ0) is 13.9. The Balaban J connectivity index is 2.86. The number of phenolic OH excluding ortho intramolecular Hbond substituents is 1. The number of carboxylic acids is 1. The van der Waals surface area contributed by atoms with Crippen LogP contribution in [-0.2, 0) is 4.79 Å². The molecule has 0 aliphatic rings. The third-order valence-electron chi connectivity index (χ3n) is 2.52. The zero-order valence-corrected chi connectivity index (χ0v) is 10.6. The largest absolute Gasteiger partial charge is 0.508 e. The maximum Gasteiger partial charge on any atom is 0.326 e. The molecular formula is C13H17NO4. The Morgan fingerprint density at radius 1 is 1.17 bits per heavy atom. The smallest absolute Gasteiger partial charge is 0.326 e. The second-order valence-electron chi connectivity index (χ2n) is 5.16. The van der Waals surface area contributed by atoms with Crippen LogP contribution >= 0.6 is 0 Å². The molecule has 0 radical (unpaired) electrons. The van der Waals surface area contributed by atoms with E-state index in [-0.39, 0.29) is 5.75 Å². The fraction of sp³-hybridized carbons (Fsp3) is 0.385. The minimum absolute atomic E-state index is 0.0529. The highest BCUT2D eigenvalue weighted by atomic mass is 16.4. The first-order valence-corrected chi connectivity index (χ1v) is 5.54. The van der Waals surface area contributed by atoms with Gasteiger partial charge in [0, 0.05) is 5.56 Å². The number of benzene rings is 1. The molecule has 1 atom stereocenters. The van der Waals surface area contributed by atoms with E-state index in [0.29, 0.717) is 5.56 Å². The average Bonchev–Trinajstić information content (AvgIpc) is 2.24. The Bertz CT molecular complexity index is 445. The van der Waals surface area contributed by atoms with Crippen LogP contribution in [0.1, 0.15) is 31.1 Å². The fourth-order valence-electron chi connectivity index (χ4n) is 1.48. The van der Waals surface area contributed by atoms with E-state index >= 15 is 0 Å². The molecule has 3 N–H and O–H groups in total. The van der Waals surface area contributed by atoms with Crippen LogP contribution in [0.5, 0.6) is 5.75 Å². The molecule has 1 aromatic carbocycles. The first kappa shape index (κ1) is 14.0. The van der Waals surface area contributed by atoms with Crippen LogP contribution in [-0.4, -0.2) is 28.1 Å². The van der Waals surface area contributed by atoms with Crippen LogP contribution in [0.25, 0.3) is 0 Å². The molecule has 5 heteroatoms. The van der Waals surface area contributed by atoms with Gasteiger partial charge in [0.15, 0.2) is 0 Å². The van der Waals surface area contributed by atoms with Gasteiger partial charge < -0.3 is 15.5 Å². The van der Waals surface area contributed by atoms with Gasteiger partial charge in [0.1, 0.15) is 11.8 Å². The Labute approximate surface area is 105 Å². The molecular weight excluding hydrogens is 234 g/mol. The lowest BCUT2D eigenvalue weighted by molar-refractivity contribution is -0.142. The van der Waals surface area contributed by atoms with E-state index in [9.17, 15) is 9.59 Å². The van der Waals surface area contributed by atoms with Gasteiger partial charge in [-0.1, -0.05) is 20.8 Å². The molecule has 1 aromatic rings. The van der Waals surface area contributed by atoms with E-state index in [0.717, 1.165) is 0 Å². The molecule has 5 nitrogen and oxygen atoms in total. The summed E-state index contributed by atoms with van der Waals surface area (Å²) in [5.74, 6) is -1.50. The Morgan fingerprint density at radius 2 is 1.67 bits per heavy atom. The second-order valence-corrected chi connectivity index (χ2v) is 5.16. The fourth-order valence-corrected chi connectivity index (χ4v) is 1.48. The number of aromatic hydroxyl groups is 1. The summed E-state index contributed by atoms with van der Waals surface area (Å²) in [5, 5.41) is 20.7. The molecule has 18 heavy (non-hydrogen) atoms. The summed E-state index contributed by atoms with van der Waals surface area (Å²) in [6.45, 7) is 5.22. The molecule has 98 valence electrons. The molecule has 0 aliphatic carbocycles. The van der Waals surface area contributed by atoms with Crippen molar-refractivity contribution in [2.24, 2.45) is 5.41 Å². The predicted molar refractivity (Wildman–Crippen MR) is 66.5 cm³/mol. The minimum atomic E-state index is -1.07. The molecule has 0 saturated heterocycles. The number of nitrogens with one attached hydrogen (secondary N) is 1. The van der Waals surface area contributed by atoms with Crippen LogP contribution in [0, 0.1) is 5.41 Å². The molecule has 0 saturated carbocycles. The average molecular weight is 251 g/mol. The maximum atomic E-state index is 11.9. The highest BCUT2D eigenvalue weighted by Gasteiger charge is 2.32. The Kier molecular flexibility index (Phi) is 3.96. The second kappa shape index (κ2) is 5.08. The van der Waals surface area contributed by atoms with Crippen LogP contribution in [0.2, 0.25) is 0 Å². The normalized spacial score (nSPS) is 12.8. The lowest BCUT2D eigenvalue weighted by Gasteiger charge is -2.27. The van der Waals surface area contributed by atoms with Gasteiger partial charge in [0.25, 0.3) is 5.91 Å². The van der Waals surface area contributed by atoms with Crippen LogP contribution < -0.4 is 5.32 Å². The van der Waals surface area contributed by atoms with E-state index < -0.39 is 23.3 Å². The number of carbonyl (C=O) groups excluding carboxylic acids is 1. The quantitative estimate of drug-likeness (QED) is 0.762. The number of carboxylic acid groups (broad SMARTS) is 1. The maximum absolute atomic E-state index is 11.9. The summed E-state index contributed by atoms with van der Waals surface area (Å²) in [4.78, 5) is 23.0. The lowest BCUT2D eigenvalue weighted by Crippen LogP contribution is -2.49. The molecule has 0 heterocycles. The van der Waals surface area contributed by atoms with Crippen molar-refractivity contribution < 1.29 is 19.8 Å². The summed E-state index contributed by atoms with van der Waals surface area (Å²) >= 11 is 0. The third-order valence-corrected chi connectivity index (χ3v) is 2.52. The number of amides is 1. The number of hydrogen-bond donors (Lipinski definition) is 3. The SMILES string of the molecule is CC(C)(C)[C@@H](NC(=O)c1ccc(O)cc1)C(=O)O.